The molecule has 0 saturated carbocycles. The highest BCUT2D eigenvalue weighted by molar-refractivity contribution is 7.99. The van der Waals surface area contributed by atoms with E-state index >= 15 is 0 Å². The number of amides is 1. The van der Waals surface area contributed by atoms with Crippen LogP contribution in [0.3, 0.4) is 0 Å². The number of aromatic nitrogens is 3. The van der Waals surface area contributed by atoms with Gasteiger partial charge in [0, 0.05) is 5.69 Å². The van der Waals surface area contributed by atoms with Gasteiger partial charge >= 0.3 is 0 Å². The van der Waals surface area contributed by atoms with Gasteiger partial charge in [-0.15, -0.1) is 10.2 Å². The molecule has 1 amide bonds. The number of nitrogens with one attached hydrogen (secondary N) is 1. The van der Waals surface area contributed by atoms with Crippen molar-refractivity contribution in [1.29, 1.82) is 0 Å². The van der Waals surface area contributed by atoms with Crippen molar-refractivity contribution in [2.24, 2.45) is 0 Å². The van der Waals surface area contributed by atoms with Gasteiger partial charge in [0.2, 0.25) is 5.91 Å². The van der Waals surface area contributed by atoms with Gasteiger partial charge in [-0.25, -0.2) is 0 Å². The fourth-order valence-electron chi connectivity index (χ4n) is 2.62. The van der Waals surface area contributed by atoms with E-state index in [2.05, 4.69) is 47.6 Å². The molecule has 3 rings (SSSR count). The van der Waals surface area contributed by atoms with Crippen molar-refractivity contribution in [2.75, 3.05) is 5.75 Å². The summed E-state index contributed by atoms with van der Waals surface area (Å²) in [6.07, 6.45) is 1.66. The number of hydrogen-bond donors (Lipinski definition) is 1. The van der Waals surface area contributed by atoms with E-state index in [1.54, 1.807) is 6.33 Å². The van der Waals surface area contributed by atoms with Gasteiger partial charge in [0.15, 0.2) is 5.16 Å². The fraction of sp³-hybridized carbons (Fsp3) is 0.250. The SMILES string of the molecule is Cc1ccc([C@@H](C)NC(=O)CSc2nncn2-c2ccccc2)cc1C. The molecule has 6 heteroatoms. The van der Waals surface area contributed by atoms with E-state index < -0.39 is 0 Å². The summed E-state index contributed by atoms with van der Waals surface area (Å²) >= 11 is 1.38. The number of benzene rings is 2. The lowest BCUT2D eigenvalue weighted by Crippen LogP contribution is -2.28. The predicted octanol–water partition coefficient (Wildman–Crippen LogP) is 3.85. The Balaban J connectivity index is 1.60. The van der Waals surface area contributed by atoms with Gasteiger partial charge in [0.05, 0.1) is 11.8 Å². The Labute approximate surface area is 157 Å². The molecule has 0 spiro atoms. The molecule has 0 saturated heterocycles. The first-order valence-electron chi connectivity index (χ1n) is 8.49. The summed E-state index contributed by atoms with van der Waals surface area (Å²) in [6.45, 7) is 6.17. The van der Waals surface area contributed by atoms with E-state index in [1.807, 2.05) is 41.8 Å². The second-order valence-electron chi connectivity index (χ2n) is 6.24. The fourth-order valence-corrected chi connectivity index (χ4v) is 3.36. The molecule has 26 heavy (non-hydrogen) atoms. The van der Waals surface area contributed by atoms with Crippen LogP contribution in [0.4, 0.5) is 0 Å². The molecule has 1 aromatic heterocycles. The summed E-state index contributed by atoms with van der Waals surface area (Å²) in [5.41, 5.74) is 4.57. The van der Waals surface area contributed by atoms with Gasteiger partial charge in [0.25, 0.3) is 0 Å². The van der Waals surface area contributed by atoms with Crippen molar-refractivity contribution in [1.82, 2.24) is 20.1 Å². The summed E-state index contributed by atoms with van der Waals surface area (Å²) in [6, 6.07) is 16.1. The summed E-state index contributed by atoms with van der Waals surface area (Å²) in [7, 11) is 0. The third kappa shape index (κ3) is 4.32. The molecule has 0 aliphatic carbocycles. The first-order chi connectivity index (χ1) is 12.5. The molecule has 0 fully saturated rings. The number of aryl methyl sites for hydroxylation is 2. The van der Waals surface area contributed by atoms with Gasteiger partial charge in [-0.2, -0.15) is 0 Å². The van der Waals surface area contributed by atoms with E-state index in [0.717, 1.165) is 11.3 Å². The van der Waals surface area contributed by atoms with Crippen molar-refractivity contribution in [2.45, 2.75) is 32.0 Å². The highest BCUT2D eigenvalue weighted by Crippen LogP contribution is 2.20. The van der Waals surface area contributed by atoms with Gasteiger partial charge in [-0.1, -0.05) is 48.2 Å². The monoisotopic (exact) mass is 366 g/mol. The topological polar surface area (TPSA) is 59.8 Å². The number of nitrogens with zero attached hydrogens (tertiary/aromatic N) is 3. The molecule has 1 atom stereocenters. The van der Waals surface area contributed by atoms with E-state index in [0.29, 0.717) is 10.9 Å². The van der Waals surface area contributed by atoms with Crippen LogP contribution in [-0.4, -0.2) is 26.4 Å². The number of carbonyl (C=O) groups excluding carboxylic acids is 1. The van der Waals surface area contributed by atoms with Crippen molar-refractivity contribution < 1.29 is 4.79 Å². The Morgan fingerprint density at radius 3 is 2.65 bits per heavy atom. The summed E-state index contributed by atoms with van der Waals surface area (Å²) in [5.74, 6) is 0.268. The van der Waals surface area contributed by atoms with Crippen LogP contribution >= 0.6 is 11.8 Å². The quantitative estimate of drug-likeness (QED) is 0.673. The lowest BCUT2D eigenvalue weighted by molar-refractivity contribution is -0.119. The molecule has 134 valence electrons. The van der Waals surface area contributed by atoms with Crippen LogP contribution in [0.5, 0.6) is 0 Å². The lowest BCUT2D eigenvalue weighted by atomic mass is 10.0. The van der Waals surface area contributed by atoms with E-state index in [4.69, 9.17) is 0 Å². The Bertz CT molecular complexity index is 892. The normalized spacial score (nSPS) is 12.0. The maximum Gasteiger partial charge on any atom is 0.230 e. The zero-order valence-corrected chi connectivity index (χ0v) is 16.0. The van der Waals surface area contributed by atoms with E-state index in [9.17, 15) is 4.79 Å². The first kappa shape index (κ1) is 18.2. The first-order valence-corrected chi connectivity index (χ1v) is 9.48. The smallest absolute Gasteiger partial charge is 0.230 e. The molecule has 3 aromatic rings. The zero-order valence-electron chi connectivity index (χ0n) is 15.1. The van der Waals surface area contributed by atoms with Crippen LogP contribution in [0.25, 0.3) is 5.69 Å². The molecule has 0 bridgehead atoms. The number of thioether (sulfide) groups is 1. The Morgan fingerprint density at radius 2 is 1.92 bits per heavy atom. The minimum absolute atomic E-state index is 0.0247. The largest absolute Gasteiger partial charge is 0.349 e. The Kier molecular flexibility index (Phi) is 5.73. The van der Waals surface area contributed by atoms with Crippen LogP contribution in [0, 0.1) is 13.8 Å². The van der Waals surface area contributed by atoms with Crippen molar-refractivity contribution in [3.63, 3.8) is 0 Å². The van der Waals surface area contributed by atoms with E-state index in [-0.39, 0.29) is 11.9 Å². The molecule has 0 radical (unpaired) electrons. The van der Waals surface area contributed by atoms with Gasteiger partial charge in [-0.05, 0) is 49.6 Å². The number of carbonyl (C=O) groups is 1. The highest BCUT2D eigenvalue weighted by atomic mass is 32.2. The van der Waals surface area contributed by atoms with Crippen LogP contribution in [0.15, 0.2) is 60.0 Å². The Morgan fingerprint density at radius 1 is 1.15 bits per heavy atom. The van der Waals surface area contributed by atoms with Crippen LogP contribution < -0.4 is 5.32 Å². The molecule has 5 nitrogen and oxygen atoms in total. The molecular weight excluding hydrogens is 344 g/mol. The highest BCUT2D eigenvalue weighted by Gasteiger charge is 2.13. The molecular formula is C20H22N4OS. The average molecular weight is 366 g/mol. The number of hydrogen-bond acceptors (Lipinski definition) is 4. The van der Waals surface area contributed by atoms with Crippen LogP contribution in [0.1, 0.15) is 29.7 Å². The van der Waals surface area contributed by atoms with Crippen molar-refractivity contribution in [3.8, 4) is 5.69 Å². The maximum atomic E-state index is 12.3. The van der Waals surface area contributed by atoms with E-state index in [1.165, 1.54) is 22.9 Å². The predicted molar refractivity (Wildman–Crippen MR) is 105 cm³/mol. The minimum atomic E-state index is -0.0330. The Hall–Kier alpha value is -2.60. The number of para-hydroxylation sites is 1. The van der Waals surface area contributed by atoms with Crippen molar-refractivity contribution >= 4 is 17.7 Å². The number of rotatable bonds is 6. The standard InChI is InChI=1S/C20H22N4OS/c1-14-9-10-17(11-15(14)2)16(3)22-19(25)12-26-20-23-21-13-24(20)18-7-5-4-6-8-18/h4-11,13,16H,12H2,1-3H3,(H,22,25)/t16-/m1/s1. The molecule has 1 N–H and O–H groups in total. The van der Waals surface area contributed by atoms with Gasteiger partial charge in [-0.3, -0.25) is 9.36 Å². The second kappa shape index (κ2) is 8.19. The summed E-state index contributed by atoms with van der Waals surface area (Å²) < 4.78 is 1.88. The van der Waals surface area contributed by atoms with Crippen molar-refractivity contribution in [3.05, 3.63) is 71.5 Å². The van der Waals surface area contributed by atoms with Gasteiger partial charge in [0.1, 0.15) is 6.33 Å². The lowest BCUT2D eigenvalue weighted by Gasteiger charge is -2.15. The molecule has 1 heterocycles. The maximum absolute atomic E-state index is 12.3. The molecule has 2 aromatic carbocycles. The molecule has 0 unspecified atom stereocenters. The zero-order chi connectivity index (χ0) is 18.5. The second-order valence-corrected chi connectivity index (χ2v) is 7.18. The summed E-state index contributed by atoms with van der Waals surface area (Å²) in [5, 5.41) is 11.8. The average Bonchev–Trinajstić information content (AvgIpc) is 3.11. The molecule has 0 aliphatic rings. The van der Waals surface area contributed by atoms with Crippen LogP contribution in [-0.2, 0) is 4.79 Å². The molecule has 0 aliphatic heterocycles. The van der Waals surface area contributed by atoms with Crippen LogP contribution in [0.2, 0.25) is 0 Å². The minimum Gasteiger partial charge on any atom is -0.349 e. The third-order valence-corrected chi connectivity index (χ3v) is 5.23. The van der Waals surface area contributed by atoms with Gasteiger partial charge < -0.3 is 5.32 Å². The third-order valence-electron chi connectivity index (χ3n) is 4.29. The summed E-state index contributed by atoms with van der Waals surface area (Å²) in [4.78, 5) is 12.3.